The minimum atomic E-state index is -1.24. The summed E-state index contributed by atoms with van der Waals surface area (Å²) in [6.07, 6.45) is 0. The van der Waals surface area contributed by atoms with E-state index in [1.807, 2.05) is 6.07 Å². The minimum Gasteiger partial charge on any atom is -0.399 e. The van der Waals surface area contributed by atoms with Gasteiger partial charge in [-0.1, -0.05) is 25.4 Å². The Morgan fingerprint density at radius 3 is 2.60 bits per heavy atom. The lowest BCUT2D eigenvalue weighted by molar-refractivity contribution is 1.13. The maximum absolute atomic E-state index is 6.05. The van der Waals surface area contributed by atoms with Gasteiger partial charge >= 0.3 is 0 Å². The number of fused-ring (bicyclic) bond motifs is 1. The van der Waals surface area contributed by atoms with Crippen molar-refractivity contribution < 1.29 is 0 Å². The molecule has 3 heteroatoms. The molecule has 1 nitrogen and oxygen atoms in total. The van der Waals surface area contributed by atoms with E-state index in [4.69, 9.17) is 11.6 Å². The molecule has 1 aromatic carbocycles. The van der Waals surface area contributed by atoms with E-state index in [9.17, 15) is 0 Å². The Morgan fingerprint density at radius 1 is 1.33 bits per heavy atom. The number of anilines is 1. The standard InChI is InChI=1S/C12H18ClNSi/c1-4-15(5-2)9-10-8-11(13)6-7-12(10)14(15)3/h6-8H,4-5,9H2,1-3H3. The van der Waals surface area contributed by atoms with E-state index in [1.165, 1.54) is 29.4 Å². The minimum absolute atomic E-state index is 0.874. The second kappa shape index (κ2) is 3.83. The molecule has 1 aliphatic rings. The first kappa shape index (κ1) is 11.0. The molecule has 0 spiro atoms. The van der Waals surface area contributed by atoms with Crippen LogP contribution in [-0.2, 0) is 6.04 Å². The van der Waals surface area contributed by atoms with E-state index in [0.29, 0.717) is 0 Å². The number of hydrogen-bond acceptors (Lipinski definition) is 1. The summed E-state index contributed by atoms with van der Waals surface area (Å²) in [5.41, 5.74) is 2.87. The lowest BCUT2D eigenvalue weighted by Crippen LogP contribution is -2.48. The topological polar surface area (TPSA) is 3.24 Å². The van der Waals surface area contributed by atoms with Crippen LogP contribution >= 0.6 is 11.6 Å². The predicted molar refractivity (Wildman–Crippen MR) is 70.3 cm³/mol. The van der Waals surface area contributed by atoms with Gasteiger partial charge in [0.05, 0.1) is 0 Å². The van der Waals surface area contributed by atoms with Crippen LogP contribution in [0.5, 0.6) is 0 Å². The molecule has 0 saturated carbocycles. The first-order valence-electron chi connectivity index (χ1n) is 5.65. The fourth-order valence-corrected chi connectivity index (χ4v) is 6.83. The van der Waals surface area contributed by atoms with Crippen molar-refractivity contribution in [2.45, 2.75) is 32.0 Å². The van der Waals surface area contributed by atoms with E-state index in [1.54, 1.807) is 0 Å². The van der Waals surface area contributed by atoms with Crippen molar-refractivity contribution in [2.75, 3.05) is 11.6 Å². The Hall–Kier alpha value is -0.473. The third kappa shape index (κ3) is 1.60. The van der Waals surface area contributed by atoms with Gasteiger partial charge in [-0.25, -0.2) is 0 Å². The molecule has 0 aliphatic carbocycles. The molecule has 1 heterocycles. The van der Waals surface area contributed by atoms with Gasteiger partial charge in [-0.2, -0.15) is 0 Å². The van der Waals surface area contributed by atoms with E-state index in [-0.39, 0.29) is 0 Å². The SMILES string of the molecule is CC[Si]1(CC)Cc2cc(Cl)ccc2N1C. The quantitative estimate of drug-likeness (QED) is 0.709. The second-order valence-electron chi connectivity index (χ2n) is 4.44. The Bertz CT molecular complexity index is 374. The highest BCUT2D eigenvalue weighted by Gasteiger charge is 2.41. The molecular formula is C12H18ClNSi. The highest BCUT2D eigenvalue weighted by Crippen LogP contribution is 2.39. The molecule has 1 aromatic rings. The summed E-state index contributed by atoms with van der Waals surface area (Å²) in [6, 6.07) is 10.3. The van der Waals surface area contributed by atoms with Crippen LogP contribution in [0.3, 0.4) is 0 Å². The maximum atomic E-state index is 6.05. The highest BCUT2D eigenvalue weighted by atomic mass is 35.5. The lowest BCUT2D eigenvalue weighted by atomic mass is 10.2. The molecule has 0 unspecified atom stereocenters. The van der Waals surface area contributed by atoms with E-state index in [2.05, 4.69) is 37.6 Å². The van der Waals surface area contributed by atoms with Gasteiger partial charge in [0, 0.05) is 10.7 Å². The summed E-state index contributed by atoms with van der Waals surface area (Å²) < 4.78 is 2.57. The highest BCUT2D eigenvalue weighted by molar-refractivity contribution is 6.84. The maximum Gasteiger partial charge on any atom is 0.160 e. The van der Waals surface area contributed by atoms with Gasteiger partial charge < -0.3 is 4.57 Å². The zero-order valence-corrected chi connectivity index (χ0v) is 11.4. The number of nitrogens with zero attached hydrogens (tertiary/aromatic N) is 1. The van der Waals surface area contributed by atoms with Crippen molar-refractivity contribution >= 4 is 25.5 Å². The van der Waals surface area contributed by atoms with E-state index in [0.717, 1.165) is 5.02 Å². The average molecular weight is 240 g/mol. The van der Waals surface area contributed by atoms with Crippen molar-refractivity contribution in [3.05, 3.63) is 28.8 Å². The van der Waals surface area contributed by atoms with Gasteiger partial charge in [-0.15, -0.1) is 0 Å². The van der Waals surface area contributed by atoms with Crippen molar-refractivity contribution in [1.29, 1.82) is 0 Å². The van der Waals surface area contributed by atoms with Crippen LogP contribution in [0.25, 0.3) is 0 Å². The van der Waals surface area contributed by atoms with Crippen molar-refractivity contribution in [3.8, 4) is 0 Å². The second-order valence-corrected chi connectivity index (χ2v) is 9.76. The number of benzene rings is 1. The third-order valence-electron chi connectivity index (χ3n) is 3.95. The van der Waals surface area contributed by atoms with Crippen LogP contribution in [0.4, 0.5) is 5.69 Å². The summed E-state index contributed by atoms with van der Waals surface area (Å²) in [7, 11) is 1.03. The molecule has 0 N–H and O–H groups in total. The molecule has 15 heavy (non-hydrogen) atoms. The molecule has 2 rings (SSSR count). The number of hydrogen-bond donors (Lipinski definition) is 0. The Balaban J connectivity index is 2.44. The molecular weight excluding hydrogens is 222 g/mol. The normalized spacial score (nSPS) is 18.0. The summed E-state index contributed by atoms with van der Waals surface area (Å²) in [6.45, 7) is 4.67. The van der Waals surface area contributed by atoms with Crippen LogP contribution in [0.2, 0.25) is 17.1 Å². The summed E-state index contributed by atoms with van der Waals surface area (Å²) in [5.74, 6) is 0. The molecule has 0 saturated heterocycles. The first-order chi connectivity index (χ1) is 7.13. The summed E-state index contributed by atoms with van der Waals surface area (Å²) in [5, 5.41) is 0.874. The molecule has 0 fully saturated rings. The van der Waals surface area contributed by atoms with Crippen LogP contribution in [0.1, 0.15) is 19.4 Å². The molecule has 0 radical (unpaired) electrons. The zero-order valence-electron chi connectivity index (χ0n) is 9.68. The number of halogens is 1. The Morgan fingerprint density at radius 2 is 2.00 bits per heavy atom. The third-order valence-corrected chi connectivity index (χ3v) is 9.52. The van der Waals surface area contributed by atoms with E-state index < -0.39 is 8.24 Å². The smallest absolute Gasteiger partial charge is 0.160 e. The first-order valence-corrected chi connectivity index (χ1v) is 8.60. The van der Waals surface area contributed by atoms with Gasteiger partial charge in [0.1, 0.15) is 0 Å². The summed E-state index contributed by atoms with van der Waals surface area (Å²) >= 11 is 6.05. The van der Waals surface area contributed by atoms with Crippen LogP contribution in [0, 0.1) is 0 Å². The van der Waals surface area contributed by atoms with Crippen molar-refractivity contribution in [2.24, 2.45) is 0 Å². The number of rotatable bonds is 2. The summed E-state index contributed by atoms with van der Waals surface area (Å²) in [4.78, 5) is 0. The van der Waals surface area contributed by atoms with E-state index >= 15 is 0 Å². The van der Waals surface area contributed by atoms with Crippen LogP contribution in [-0.4, -0.2) is 15.3 Å². The molecule has 0 aromatic heterocycles. The largest absolute Gasteiger partial charge is 0.399 e. The van der Waals surface area contributed by atoms with Crippen LogP contribution in [0.15, 0.2) is 18.2 Å². The van der Waals surface area contributed by atoms with Gasteiger partial charge in [0.2, 0.25) is 0 Å². The van der Waals surface area contributed by atoms with Gasteiger partial charge in [-0.05, 0) is 48.9 Å². The van der Waals surface area contributed by atoms with Gasteiger partial charge in [-0.3, -0.25) is 0 Å². The van der Waals surface area contributed by atoms with Crippen molar-refractivity contribution in [1.82, 2.24) is 0 Å². The van der Waals surface area contributed by atoms with Crippen LogP contribution < -0.4 is 4.57 Å². The Labute approximate surface area is 98.1 Å². The lowest BCUT2D eigenvalue weighted by Gasteiger charge is -2.33. The Kier molecular flexibility index (Phi) is 2.82. The van der Waals surface area contributed by atoms with Gasteiger partial charge in [0.25, 0.3) is 0 Å². The average Bonchev–Trinajstić information content (AvgIpc) is 2.52. The molecule has 0 atom stereocenters. The predicted octanol–water partition coefficient (Wildman–Crippen LogP) is 3.86. The molecule has 0 amide bonds. The molecule has 82 valence electrons. The fraction of sp³-hybridized carbons (Fsp3) is 0.500. The fourth-order valence-electron chi connectivity index (χ4n) is 2.73. The van der Waals surface area contributed by atoms with Gasteiger partial charge in [0.15, 0.2) is 8.24 Å². The zero-order chi connectivity index (χ0) is 11.1. The monoisotopic (exact) mass is 239 g/mol. The molecule has 1 aliphatic heterocycles. The van der Waals surface area contributed by atoms with Crippen molar-refractivity contribution in [3.63, 3.8) is 0 Å². The molecule has 0 bridgehead atoms.